The number of urea groups is 1. The molecule has 2 saturated heterocycles. The van der Waals surface area contributed by atoms with Crippen LogP contribution in [0.15, 0.2) is 16.9 Å². The summed E-state index contributed by atoms with van der Waals surface area (Å²) >= 11 is 0. The first kappa shape index (κ1) is 16.8. The van der Waals surface area contributed by atoms with Crippen molar-refractivity contribution in [1.82, 2.24) is 19.8 Å². The lowest BCUT2D eigenvalue weighted by Gasteiger charge is -2.19. The molecule has 26 heavy (non-hydrogen) atoms. The minimum Gasteiger partial charge on any atom is -0.376 e. The molecule has 0 bridgehead atoms. The van der Waals surface area contributed by atoms with Gasteiger partial charge in [0, 0.05) is 24.9 Å². The van der Waals surface area contributed by atoms with Gasteiger partial charge in [0.25, 0.3) is 5.91 Å². The van der Waals surface area contributed by atoms with Crippen molar-refractivity contribution in [2.75, 3.05) is 24.6 Å². The van der Waals surface area contributed by atoms with Gasteiger partial charge in [-0.2, -0.15) is 5.10 Å². The van der Waals surface area contributed by atoms with Crippen LogP contribution in [-0.4, -0.2) is 57.6 Å². The number of imide groups is 1. The number of nitrogens with zero attached hydrogens (tertiary/aromatic N) is 5. The van der Waals surface area contributed by atoms with Crippen molar-refractivity contribution in [3.8, 4) is 0 Å². The van der Waals surface area contributed by atoms with Gasteiger partial charge in [0.1, 0.15) is 12.3 Å². The molecule has 1 unspecified atom stereocenters. The first-order valence-corrected chi connectivity index (χ1v) is 8.70. The van der Waals surface area contributed by atoms with Gasteiger partial charge < -0.3 is 14.2 Å². The molecule has 3 amide bonds. The van der Waals surface area contributed by atoms with Crippen LogP contribution in [0.25, 0.3) is 0 Å². The first-order valence-electron chi connectivity index (χ1n) is 8.70. The predicted octanol–water partition coefficient (Wildman–Crippen LogP) is 1.48. The maximum absolute atomic E-state index is 12.7. The van der Waals surface area contributed by atoms with Gasteiger partial charge in [-0.1, -0.05) is 5.16 Å². The van der Waals surface area contributed by atoms with Gasteiger partial charge in [0.05, 0.1) is 30.2 Å². The molecule has 4 heterocycles. The summed E-state index contributed by atoms with van der Waals surface area (Å²) in [4.78, 5) is 27.7. The number of ether oxygens (including phenoxy) is 1. The van der Waals surface area contributed by atoms with Gasteiger partial charge in [-0.15, -0.1) is 0 Å². The zero-order chi connectivity index (χ0) is 18.3. The van der Waals surface area contributed by atoms with E-state index in [9.17, 15) is 9.59 Å². The molecule has 0 radical (unpaired) electrons. The fraction of sp³-hybridized carbons (Fsp3) is 0.529. The Morgan fingerprint density at radius 2 is 2.15 bits per heavy atom. The molecular formula is C17H21N5O4. The Balaban J connectivity index is 1.48. The van der Waals surface area contributed by atoms with Gasteiger partial charge in [0.15, 0.2) is 0 Å². The molecular weight excluding hydrogens is 338 g/mol. The summed E-state index contributed by atoms with van der Waals surface area (Å²) in [5.74, 6) is 0.487. The fourth-order valence-electron chi connectivity index (χ4n) is 3.43. The smallest absolute Gasteiger partial charge is 0.332 e. The van der Waals surface area contributed by atoms with E-state index in [1.807, 2.05) is 13.8 Å². The van der Waals surface area contributed by atoms with Gasteiger partial charge >= 0.3 is 6.03 Å². The van der Waals surface area contributed by atoms with E-state index < -0.39 is 0 Å². The number of aromatic nitrogens is 3. The standard InChI is InChI=1S/C17H21N5O4/c1-11-15(12(2)26-19-11)9-21-7-13(6-18-21)22-16(23)10-20(17(22)24)8-14-4-3-5-25-14/h6-7,14H,3-5,8-10H2,1-2H3. The number of rotatable bonds is 5. The molecule has 0 aromatic carbocycles. The number of amides is 3. The molecule has 2 aromatic heterocycles. The van der Waals surface area contributed by atoms with Crippen molar-refractivity contribution in [3.05, 3.63) is 29.4 Å². The number of anilines is 1. The van der Waals surface area contributed by atoms with Crippen molar-refractivity contribution in [2.45, 2.75) is 39.3 Å². The normalized spacial score (nSPS) is 20.6. The maximum atomic E-state index is 12.7. The summed E-state index contributed by atoms with van der Waals surface area (Å²) in [5, 5.41) is 8.20. The van der Waals surface area contributed by atoms with Gasteiger partial charge in [-0.25, -0.2) is 9.69 Å². The van der Waals surface area contributed by atoms with Crippen molar-refractivity contribution < 1.29 is 18.8 Å². The SMILES string of the molecule is Cc1noc(C)c1Cn1cc(N2C(=O)CN(CC3CCCO3)C2=O)cn1. The fourth-order valence-corrected chi connectivity index (χ4v) is 3.43. The third-order valence-corrected chi connectivity index (χ3v) is 4.86. The van der Waals surface area contributed by atoms with Crippen LogP contribution in [0.2, 0.25) is 0 Å². The summed E-state index contributed by atoms with van der Waals surface area (Å²) in [7, 11) is 0. The van der Waals surface area contributed by atoms with Crippen molar-refractivity contribution in [2.24, 2.45) is 0 Å². The van der Waals surface area contributed by atoms with E-state index in [1.54, 1.807) is 15.8 Å². The molecule has 0 spiro atoms. The van der Waals surface area contributed by atoms with E-state index in [2.05, 4.69) is 10.3 Å². The summed E-state index contributed by atoms with van der Waals surface area (Å²) in [6, 6.07) is -0.317. The second kappa shape index (κ2) is 6.56. The number of carbonyl (C=O) groups is 2. The Labute approximate surface area is 150 Å². The van der Waals surface area contributed by atoms with Crippen LogP contribution in [-0.2, 0) is 16.1 Å². The van der Waals surface area contributed by atoms with E-state index in [0.717, 1.165) is 36.5 Å². The molecule has 0 aliphatic carbocycles. The van der Waals surface area contributed by atoms with E-state index >= 15 is 0 Å². The first-order chi connectivity index (χ1) is 12.5. The highest BCUT2D eigenvalue weighted by atomic mass is 16.5. The average molecular weight is 359 g/mol. The van der Waals surface area contributed by atoms with Crippen molar-refractivity contribution in [3.63, 3.8) is 0 Å². The Hall–Kier alpha value is -2.68. The molecule has 1 atom stereocenters. The molecule has 2 fully saturated rings. The van der Waals surface area contributed by atoms with E-state index in [4.69, 9.17) is 9.26 Å². The minimum absolute atomic E-state index is 0.0222. The third kappa shape index (κ3) is 2.98. The molecule has 9 heteroatoms. The van der Waals surface area contributed by atoms with Crippen LogP contribution in [0.1, 0.15) is 29.9 Å². The van der Waals surface area contributed by atoms with Gasteiger partial charge in [-0.05, 0) is 26.7 Å². The zero-order valence-electron chi connectivity index (χ0n) is 14.8. The summed E-state index contributed by atoms with van der Waals surface area (Å²) < 4.78 is 12.4. The van der Waals surface area contributed by atoms with E-state index in [0.29, 0.717) is 18.8 Å². The van der Waals surface area contributed by atoms with Crippen LogP contribution in [0.4, 0.5) is 10.5 Å². The molecule has 0 N–H and O–H groups in total. The minimum atomic E-state index is -0.317. The lowest BCUT2D eigenvalue weighted by molar-refractivity contribution is -0.116. The molecule has 0 saturated carbocycles. The summed E-state index contributed by atoms with van der Waals surface area (Å²) in [5.41, 5.74) is 2.22. The number of carbonyl (C=O) groups excluding carboxylic acids is 2. The summed E-state index contributed by atoms with van der Waals surface area (Å²) in [6.07, 6.45) is 5.17. The molecule has 9 nitrogen and oxygen atoms in total. The van der Waals surface area contributed by atoms with Gasteiger partial charge in [0.2, 0.25) is 0 Å². The Kier molecular flexibility index (Phi) is 4.23. The Morgan fingerprint density at radius 1 is 1.31 bits per heavy atom. The second-order valence-electron chi connectivity index (χ2n) is 6.73. The van der Waals surface area contributed by atoms with Gasteiger partial charge in [-0.3, -0.25) is 9.48 Å². The second-order valence-corrected chi connectivity index (χ2v) is 6.73. The van der Waals surface area contributed by atoms with Crippen LogP contribution >= 0.6 is 0 Å². The summed E-state index contributed by atoms with van der Waals surface area (Å²) in [6.45, 7) is 5.43. The van der Waals surface area contributed by atoms with Crippen molar-refractivity contribution >= 4 is 17.6 Å². The Morgan fingerprint density at radius 3 is 2.85 bits per heavy atom. The van der Waals surface area contributed by atoms with Crippen LogP contribution in [0.3, 0.4) is 0 Å². The van der Waals surface area contributed by atoms with Crippen LogP contribution < -0.4 is 4.90 Å². The molecule has 2 aliphatic heterocycles. The largest absolute Gasteiger partial charge is 0.376 e. The highest BCUT2D eigenvalue weighted by molar-refractivity contribution is 6.19. The number of aryl methyl sites for hydroxylation is 2. The molecule has 2 aromatic rings. The topological polar surface area (TPSA) is 93.7 Å². The number of hydrogen-bond donors (Lipinski definition) is 0. The highest BCUT2D eigenvalue weighted by Gasteiger charge is 2.39. The van der Waals surface area contributed by atoms with Crippen LogP contribution in [0.5, 0.6) is 0 Å². The monoisotopic (exact) mass is 359 g/mol. The quantitative estimate of drug-likeness (QED) is 0.751. The predicted molar refractivity (Wildman–Crippen MR) is 90.7 cm³/mol. The van der Waals surface area contributed by atoms with E-state index in [-0.39, 0.29) is 24.6 Å². The van der Waals surface area contributed by atoms with E-state index in [1.165, 1.54) is 11.1 Å². The Bertz CT molecular complexity index is 817. The molecule has 2 aliphatic rings. The highest BCUT2D eigenvalue weighted by Crippen LogP contribution is 2.23. The maximum Gasteiger partial charge on any atom is 0.332 e. The molecule has 4 rings (SSSR count). The lowest BCUT2D eigenvalue weighted by atomic mass is 10.2. The zero-order valence-corrected chi connectivity index (χ0v) is 14.8. The lowest BCUT2D eigenvalue weighted by Crippen LogP contribution is -2.36. The van der Waals surface area contributed by atoms with Crippen LogP contribution in [0, 0.1) is 13.8 Å². The van der Waals surface area contributed by atoms with Crippen molar-refractivity contribution in [1.29, 1.82) is 0 Å². The third-order valence-electron chi connectivity index (χ3n) is 4.86. The number of hydrogen-bond acceptors (Lipinski definition) is 6. The molecule has 138 valence electrons. The average Bonchev–Trinajstić information content (AvgIpc) is 3.37.